The fourth-order valence-corrected chi connectivity index (χ4v) is 7.48. The highest BCUT2D eigenvalue weighted by Gasteiger charge is 2.47. The zero-order chi connectivity index (χ0) is 41.0. The van der Waals surface area contributed by atoms with Crippen LogP contribution in [0.3, 0.4) is 0 Å². The number of amides is 5. The zero-order valence-electron chi connectivity index (χ0n) is 32.7. The molecule has 0 radical (unpaired) electrons. The van der Waals surface area contributed by atoms with Gasteiger partial charge in [-0.1, -0.05) is 26.8 Å². The average Bonchev–Trinajstić information content (AvgIpc) is 3.87. The van der Waals surface area contributed by atoms with E-state index in [9.17, 15) is 32.4 Å². The number of carbonyl (C=O) groups excluding carboxylic acids is 5. The summed E-state index contributed by atoms with van der Waals surface area (Å²) in [5.74, 6) is -0.950. The predicted octanol–water partition coefficient (Wildman–Crippen LogP) is 3.14. The smallest absolute Gasteiger partial charge is 0.408 e. The Bertz CT molecular complexity index is 1970. The highest BCUT2D eigenvalue weighted by Crippen LogP contribution is 2.32. The number of hydrogen-bond donors (Lipinski definition) is 3. The molecule has 15 nitrogen and oxygen atoms in total. The van der Waals surface area contributed by atoms with Crippen molar-refractivity contribution in [1.82, 2.24) is 30.1 Å². The van der Waals surface area contributed by atoms with Gasteiger partial charge in [-0.2, -0.15) is 0 Å². The summed E-state index contributed by atoms with van der Waals surface area (Å²) in [6.45, 7) is 13.8. The maximum atomic E-state index is 14.5. The molecular weight excluding hydrogens is 729 g/mol. The molecule has 0 bridgehead atoms. The van der Waals surface area contributed by atoms with E-state index in [1.165, 1.54) is 22.1 Å². The summed E-state index contributed by atoms with van der Waals surface area (Å²) in [5.41, 5.74) is -1.27. The first-order valence-electron chi connectivity index (χ1n) is 18.1. The molecule has 16 heteroatoms. The Labute approximate surface area is 323 Å². The lowest BCUT2D eigenvalue weighted by Gasteiger charge is -2.36. The fourth-order valence-electron chi connectivity index (χ4n) is 6.15. The quantitative estimate of drug-likeness (QED) is 0.201. The number of nitrogens with zero attached hydrogens (tertiary/aromatic N) is 3. The van der Waals surface area contributed by atoms with Gasteiger partial charge in [0.2, 0.25) is 27.7 Å². The maximum Gasteiger partial charge on any atom is 0.408 e. The average molecular weight is 781 g/mol. The molecule has 3 N–H and O–H groups in total. The summed E-state index contributed by atoms with van der Waals surface area (Å²) in [5, 5.41) is 5.84. The van der Waals surface area contributed by atoms with Crippen molar-refractivity contribution in [2.45, 2.75) is 102 Å². The minimum Gasteiger partial charge on any atom is -0.472 e. The number of carbonyl (C=O) groups is 5. The van der Waals surface area contributed by atoms with Gasteiger partial charge in [-0.3, -0.25) is 23.9 Å². The first-order valence-corrected chi connectivity index (χ1v) is 19.6. The van der Waals surface area contributed by atoms with Crippen LogP contribution >= 0.6 is 0 Å². The topological polar surface area (TPSA) is 193 Å². The van der Waals surface area contributed by atoms with Crippen LogP contribution in [0.4, 0.5) is 4.79 Å². The number of fused-ring (bicyclic) bond motifs is 1. The van der Waals surface area contributed by atoms with E-state index >= 15 is 0 Å². The lowest BCUT2D eigenvalue weighted by molar-refractivity contribution is -0.142. The van der Waals surface area contributed by atoms with Gasteiger partial charge < -0.3 is 29.9 Å². The van der Waals surface area contributed by atoms with E-state index in [4.69, 9.17) is 15.9 Å². The molecule has 1 saturated carbocycles. The van der Waals surface area contributed by atoms with Gasteiger partial charge >= 0.3 is 6.09 Å². The molecule has 2 aliphatic rings. The summed E-state index contributed by atoms with van der Waals surface area (Å²) < 4.78 is 39.4. The van der Waals surface area contributed by atoms with Gasteiger partial charge in [0.1, 0.15) is 29.8 Å². The van der Waals surface area contributed by atoms with Crippen LogP contribution in [-0.4, -0.2) is 109 Å². The minimum absolute atomic E-state index is 0.0674. The Morgan fingerprint density at radius 3 is 2.33 bits per heavy atom. The molecule has 0 spiro atoms. The number of terminal acetylenes is 1. The van der Waals surface area contributed by atoms with E-state index in [2.05, 4.69) is 32.8 Å². The Morgan fingerprint density at radius 1 is 1.09 bits per heavy atom. The van der Waals surface area contributed by atoms with Crippen LogP contribution in [0.2, 0.25) is 0 Å². The monoisotopic (exact) mass is 780 g/mol. The van der Waals surface area contributed by atoms with E-state index in [1.54, 1.807) is 79.9 Å². The van der Waals surface area contributed by atoms with Gasteiger partial charge in [0, 0.05) is 37.7 Å². The summed E-state index contributed by atoms with van der Waals surface area (Å²) >= 11 is 0. The van der Waals surface area contributed by atoms with Crippen LogP contribution in [0.5, 0.6) is 5.88 Å². The molecule has 2 heterocycles. The number of nitrogens with one attached hydrogen (secondary N) is 3. The van der Waals surface area contributed by atoms with E-state index in [0.717, 1.165) is 0 Å². The highest BCUT2D eigenvalue weighted by molar-refractivity contribution is 7.90. The first kappa shape index (κ1) is 42.6. The van der Waals surface area contributed by atoms with Gasteiger partial charge in [0.25, 0.3) is 11.8 Å². The molecule has 1 unspecified atom stereocenters. The van der Waals surface area contributed by atoms with Crippen molar-refractivity contribution in [1.29, 1.82) is 0 Å². The van der Waals surface area contributed by atoms with E-state index in [-0.39, 0.29) is 31.2 Å². The molecule has 1 saturated heterocycles. The van der Waals surface area contributed by atoms with Gasteiger partial charge in [-0.05, 0) is 75.1 Å². The van der Waals surface area contributed by atoms with Crippen LogP contribution in [-0.2, 0) is 29.1 Å². The number of sulfonamides is 1. The fraction of sp³-hybridized carbons (Fsp3) is 0.538. The number of alkyl carbamates (subject to hydrolysis) is 1. The third kappa shape index (κ3) is 10.7. The van der Waals surface area contributed by atoms with Crippen molar-refractivity contribution in [3.8, 4) is 18.2 Å². The number of allylic oxidation sites excluding steroid dienone is 1. The van der Waals surface area contributed by atoms with Gasteiger partial charge in [0.05, 0.1) is 17.7 Å². The molecule has 5 atom stereocenters. The summed E-state index contributed by atoms with van der Waals surface area (Å²) in [6, 6.07) is 2.85. The molecule has 1 aliphatic carbocycles. The van der Waals surface area contributed by atoms with Crippen molar-refractivity contribution in [2.75, 3.05) is 20.6 Å². The van der Waals surface area contributed by atoms with E-state index in [1.807, 2.05) is 0 Å². The van der Waals surface area contributed by atoms with Crippen molar-refractivity contribution < 1.29 is 41.9 Å². The molecule has 55 heavy (non-hydrogen) atoms. The number of aromatic nitrogens is 1. The van der Waals surface area contributed by atoms with Crippen LogP contribution in [0.15, 0.2) is 43.1 Å². The molecule has 1 aromatic carbocycles. The second-order valence-corrected chi connectivity index (χ2v) is 18.1. The van der Waals surface area contributed by atoms with E-state index in [0.29, 0.717) is 29.2 Å². The van der Waals surface area contributed by atoms with Crippen LogP contribution in [0.25, 0.3) is 10.8 Å². The van der Waals surface area contributed by atoms with Gasteiger partial charge in [0.15, 0.2) is 0 Å². The summed E-state index contributed by atoms with van der Waals surface area (Å²) in [4.78, 5) is 75.1. The molecular formula is C39H52N6O9S. The van der Waals surface area contributed by atoms with Crippen molar-refractivity contribution in [3.05, 3.63) is 48.7 Å². The third-order valence-corrected chi connectivity index (χ3v) is 10.9. The first-order chi connectivity index (χ1) is 25.6. The van der Waals surface area contributed by atoms with Gasteiger partial charge in [-0.15, -0.1) is 18.9 Å². The van der Waals surface area contributed by atoms with Crippen LogP contribution in [0, 0.1) is 23.7 Å². The Kier molecular flexibility index (Phi) is 12.9. The standard InChI is InChI=1S/C39H52N6O9S/c1-11-13-23(12-2)30(33(47)43-55(51,52)27-15-16-27)41-32(46)29-21-26(22-45(29)36(49)31(38(3,4)5)42-37(50)54-39(6,7)8)53-34-28-17-14-25(35(48)44(9)10)20-24(28)18-19-40-34/h2,11,14,17-20,23,26-27,29-31H,1,13,15-16,21-22H2,3-10H3,(H,41,46)(H,42,50)(H,43,47)/t23?,26-,29+,30-,31-/m1/s1. The largest absolute Gasteiger partial charge is 0.472 e. The lowest BCUT2D eigenvalue weighted by Crippen LogP contribution is -2.60. The molecule has 2 aromatic rings. The van der Waals surface area contributed by atoms with Crippen molar-refractivity contribution in [3.63, 3.8) is 0 Å². The third-order valence-electron chi connectivity index (χ3n) is 9.11. The maximum absolute atomic E-state index is 14.5. The number of ether oxygens (including phenoxy) is 2. The second kappa shape index (κ2) is 16.7. The molecule has 1 aliphatic heterocycles. The number of rotatable bonds is 13. The molecule has 4 rings (SSSR count). The van der Waals surface area contributed by atoms with Crippen LogP contribution < -0.4 is 20.1 Å². The number of pyridine rings is 1. The Balaban J connectivity index is 1.70. The molecule has 5 amide bonds. The zero-order valence-corrected chi connectivity index (χ0v) is 33.5. The Hall–Kier alpha value is -5.17. The number of hydrogen-bond acceptors (Lipinski definition) is 10. The summed E-state index contributed by atoms with van der Waals surface area (Å²) in [7, 11) is -0.702. The molecule has 2 fully saturated rings. The minimum atomic E-state index is -4.00. The second-order valence-electron chi connectivity index (χ2n) is 16.2. The Morgan fingerprint density at radius 2 is 1.76 bits per heavy atom. The van der Waals surface area contributed by atoms with Crippen molar-refractivity contribution >= 4 is 50.5 Å². The number of likely N-dealkylation sites (tertiary alicyclic amines) is 1. The van der Waals surface area contributed by atoms with E-state index < -0.39 is 80.3 Å². The number of benzene rings is 1. The molecule has 1 aromatic heterocycles. The van der Waals surface area contributed by atoms with Gasteiger partial charge in [-0.25, -0.2) is 18.2 Å². The highest BCUT2D eigenvalue weighted by atomic mass is 32.2. The summed E-state index contributed by atoms with van der Waals surface area (Å²) in [6.07, 6.45) is 7.87. The molecule has 298 valence electrons. The normalized spacial score (nSPS) is 18.9. The SMILES string of the molecule is C#CC(CC=C)[C@@H](NC(=O)[C@@H]1C[C@@H](Oc2nccc3cc(C(=O)N(C)C)ccc23)CN1C(=O)[C@@H](NC(=O)OC(C)(C)C)C(C)(C)C)C(=O)NS(=O)(=O)C1CC1. The predicted molar refractivity (Wildman–Crippen MR) is 206 cm³/mol. The lowest BCUT2D eigenvalue weighted by atomic mass is 9.85. The van der Waals surface area contributed by atoms with Crippen LogP contribution in [0.1, 0.15) is 77.6 Å². The van der Waals surface area contributed by atoms with Crippen molar-refractivity contribution in [2.24, 2.45) is 11.3 Å².